The molecule has 7 nitrogen and oxygen atoms in total. The van der Waals surface area contributed by atoms with Crippen molar-refractivity contribution in [2.75, 3.05) is 28.3 Å². The Kier molecular flexibility index (Phi) is 5.17. The molecule has 2 heterocycles. The number of amides is 1. The number of para-hydroxylation sites is 1. The molecule has 1 unspecified atom stereocenters. The van der Waals surface area contributed by atoms with Crippen molar-refractivity contribution in [2.24, 2.45) is 0 Å². The number of carbonyl (C=O) groups is 1. The summed E-state index contributed by atoms with van der Waals surface area (Å²) >= 11 is 0. The van der Waals surface area contributed by atoms with Crippen molar-refractivity contribution in [1.82, 2.24) is 9.97 Å². The van der Waals surface area contributed by atoms with Gasteiger partial charge < -0.3 is 10.2 Å². The van der Waals surface area contributed by atoms with Crippen LogP contribution in [0.5, 0.6) is 0 Å². The van der Waals surface area contributed by atoms with Crippen LogP contribution in [-0.4, -0.2) is 48.4 Å². The molecule has 138 valence electrons. The lowest BCUT2D eigenvalue weighted by atomic mass is 10.2. The van der Waals surface area contributed by atoms with Gasteiger partial charge in [-0.1, -0.05) is 12.1 Å². The topological polar surface area (TPSA) is 92.3 Å². The average molecular weight is 378 g/mol. The van der Waals surface area contributed by atoms with E-state index < -0.39 is 21.6 Å². The Morgan fingerprint density at radius 2 is 2.08 bits per heavy atom. The van der Waals surface area contributed by atoms with Gasteiger partial charge in [-0.05, 0) is 25.5 Å². The van der Waals surface area contributed by atoms with E-state index in [0.29, 0.717) is 18.8 Å². The highest BCUT2D eigenvalue weighted by molar-refractivity contribution is 7.91. The van der Waals surface area contributed by atoms with Gasteiger partial charge in [0.1, 0.15) is 17.3 Å². The summed E-state index contributed by atoms with van der Waals surface area (Å²) in [4.78, 5) is 22.4. The molecule has 26 heavy (non-hydrogen) atoms. The average Bonchev–Trinajstić information content (AvgIpc) is 2.98. The minimum Gasteiger partial charge on any atom is -0.352 e. The number of nitrogens with one attached hydrogen (secondary N) is 1. The minimum atomic E-state index is -3.01. The number of benzene rings is 1. The summed E-state index contributed by atoms with van der Waals surface area (Å²) < 4.78 is 37.0. The van der Waals surface area contributed by atoms with Crippen molar-refractivity contribution in [2.45, 2.75) is 19.4 Å². The van der Waals surface area contributed by atoms with Crippen molar-refractivity contribution in [1.29, 1.82) is 0 Å². The van der Waals surface area contributed by atoms with Gasteiger partial charge in [-0.2, -0.15) is 0 Å². The largest absolute Gasteiger partial charge is 0.352 e. The highest BCUT2D eigenvalue weighted by Crippen LogP contribution is 2.22. The number of hydrogen-bond acceptors (Lipinski definition) is 6. The standard InChI is InChI=1S/C17H19FN4O3S/c1-2-22(12-7-8-26(24,25)11-12)16-10-19-15(9-20-16)17(23)21-14-6-4-3-5-13(14)18/h3-6,9-10,12H,2,7-8,11H2,1H3,(H,21,23). The van der Waals surface area contributed by atoms with E-state index in [0.717, 1.165) is 0 Å². The van der Waals surface area contributed by atoms with Gasteiger partial charge in [-0.25, -0.2) is 22.8 Å². The zero-order valence-electron chi connectivity index (χ0n) is 14.2. The van der Waals surface area contributed by atoms with E-state index in [1.165, 1.54) is 30.6 Å². The van der Waals surface area contributed by atoms with Crippen LogP contribution in [0.25, 0.3) is 0 Å². The molecule has 0 radical (unpaired) electrons. The number of anilines is 2. The van der Waals surface area contributed by atoms with Gasteiger partial charge >= 0.3 is 0 Å². The molecule has 1 aliphatic heterocycles. The first-order valence-electron chi connectivity index (χ1n) is 8.24. The second-order valence-corrected chi connectivity index (χ2v) is 8.27. The zero-order chi connectivity index (χ0) is 18.7. The van der Waals surface area contributed by atoms with Crippen LogP contribution in [0.1, 0.15) is 23.8 Å². The Labute approximate surface area is 151 Å². The minimum absolute atomic E-state index is 0.0482. The molecule has 0 aliphatic carbocycles. The Bertz CT molecular complexity index is 902. The van der Waals surface area contributed by atoms with E-state index in [1.54, 1.807) is 6.07 Å². The van der Waals surface area contributed by atoms with Crippen molar-refractivity contribution in [3.05, 3.63) is 48.2 Å². The van der Waals surface area contributed by atoms with Crippen LogP contribution < -0.4 is 10.2 Å². The summed E-state index contributed by atoms with van der Waals surface area (Å²) in [5, 5.41) is 2.45. The Morgan fingerprint density at radius 3 is 2.65 bits per heavy atom. The molecule has 1 atom stereocenters. The first-order valence-corrected chi connectivity index (χ1v) is 10.1. The maximum atomic E-state index is 13.6. The maximum Gasteiger partial charge on any atom is 0.275 e. The Hall–Kier alpha value is -2.55. The van der Waals surface area contributed by atoms with E-state index in [9.17, 15) is 17.6 Å². The van der Waals surface area contributed by atoms with Gasteiger partial charge in [-0.3, -0.25) is 4.79 Å². The Morgan fingerprint density at radius 1 is 1.31 bits per heavy atom. The number of nitrogens with zero attached hydrogens (tertiary/aromatic N) is 3. The van der Waals surface area contributed by atoms with E-state index in [2.05, 4.69) is 15.3 Å². The molecule has 1 saturated heterocycles. The van der Waals surface area contributed by atoms with Crippen LogP contribution in [0.15, 0.2) is 36.7 Å². The summed E-state index contributed by atoms with van der Waals surface area (Å²) in [5.74, 6) is -0.328. The van der Waals surface area contributed by atoms with Gasteiger partial charge in [0.15, 0.2) is 9.84 Å². The van der Waals surface area contributed by atoms with Crippen LogP contribution >= 0.6 is 0 Å². The monoisotopic (exact) mass is 378 g/mol. The molecule has 3 rings (SSSR count). The van der Waals surface area contributed by atoms with Gasteiger partial charge in [0, 0.05) is 12.6 Å². The van der Waals surface area contributed by atoms with Gasteiger partial charge in [0.05, 0.1) is 29.6 Å². The first-order chi connectivity index (χ1) is 12.4. The molecule has 0 bridgehead atoms. The molecule has 1 aliphatic rings. The van der Waals surface area contributed by atoms with E-state index in [-0.39, 0.29) is 28.9 Å². The smallest absolute Gasteiger partial charge is 0.275 e. The summed E-state index contributed by atoms with van der Waals surface area (Å²) in [6.45, 7) is 2.49. The molecule has 0 spiro atoms. The quantitative estimate of drug-likeness (QED) is 0.854. The summed E-state index contributed by atoms with van der Waals surface area (Å²) in [5.41, 5.74) is 0.113. The van der Waals surface area contributed by atoms with Crippen molar-refractivity contribution in [3.8, 4) is 0 Å². The van der Waals surface area contributed by atoms with Crippen LogP contribution in [0, 0.1) is 5.82 Å². The van der Waals surface area contributed by atoms with Crippen LogP contribution in [0.2, 0.25) is 0 Å². The first kappa shape index (κ1) is 18.2. The Balaban J connectivity index is 1.73. The predicted molar refractivity (Wildman–Crippen MR) is 96.5 cm³/mol. The molecular formula is C17H19FN4O3S. The second kappa shape index (κ2) is 7.36. The maximum absolute atomic E-state index is 13.6. The van der Waals surface area contributed by atoms with Crippen molar-refractivity contribution >= 4 is 27.2 Å². The molecule has 1 aromatic heterocycles. The zero-order valence-corrected chi connectivity index (χ0v) is 15.0. The number of hydrogen-bond donors (Lipinski definition) is 1. The fraction of sp³-hybridized carbons (Fsp3) is 0.353. The normalized spacial score (nSPS) is 18.5. The summed E-state index contributed by atoms with van der Waals surface area (Å²) in [6.07, 6.45) is 3.29. The van der Waals surface area contributed by atoms with E-state index in [4.69, 9.17) is 0 Å². The lowest BCUT2D eigenvalue weighted by Crippen LogP contribution is -2.36. The lowest BCUT2D eigenvalue weighted by molar-refractivity contribution is 0.102. The molecule has 1 aromatic carbocycles. The fourth-order valence-corrected chi connectivity index (χ4v) is 4.69. The van der Waals surface area contributed by atoms with Gasteiger partial charge in [-0.15, -0.1) is 0 Å². The molecular weight excluding hydrogens is 359 g/mol. The van der Waals surface area contributed by atoms with Crippen molar-refractivity contribution < 1.29 is 17.6 Å². The molecule has 1 fully saturated rings. The van der Waals surface area contributed by atoms with E-state index >= 15 is 0 Å². The molecule has 1 amide bonds. The predicted octanol–water partition coefficient (Wildman–Crippen LogP) is 1.88. The van der Waals surface area contributed by atoms with E-state index in [1.807, 2.05) is 11.8 Å². The molecule has 0 saturated carbocycles. The molecule has 1 N–H and O–H groups in total. The number of carbonyl (C=O) groups excluding carboxylic acids is 1. The number of halogens is 1. The van der Waals surface area contributed by atoms with Crippen molar-refractivity contribution in [3.63, 3.8) is 0 Å². The second-order valence-electron chi connectivity index (χ2n) is 6.04. The number of aromatic nitrogens is 2. The highest BCUT2D eigenvalue weighted by atomic mass is 32.2. The third-order valence-corrected chi connectivity index (χ3v) is 6.03. The molecule has 9 heteroatoms. The third kappa shape index (κ3) is 3.98. The van der Waals surface area contributed by atoms with Gasteiger partial charge in [0.25, 0.3) is 5.91 Å². The lowest BCUT2D eigenvalue weighted by Gasteiger charge is -2.27. The van der Waals surface area contributed by atoms with Crippen LogP contribution in [0.3, 0.4) is 0 Å². The SMILES string of the molecule is CCN(c1cnc(C(=O)Nc2ccccc2F)cn1)C1CCS(=O)(=O)C1. The van der Waals surface area contributed by atoms with Gasteiger partial charge in [0.2, 0.25) is 0 Å². The molecule has 2 aromatic rings. The van der Waals surface area contributed by atoms with Crippen LogP contribution in [0.4, 0.5) is 15.9 Å². The number of rotatable bonds is 5. The number of sulfone groups is 1. The summed E-state index contributed by atoms with van der Waals surface area (Å²) in [6, 6.07) is 5.70. The fourth-order valence-electron chi connectivity index (χ4n) is 2.96. The van der Waals surface area contributed by atoms with Crippen LogP contribution in [-0.2, 0) is 9.84 Å². The summed E-state index contributed by atoms with van der Waals surface area (Å²) in [7, 11) is -3.01. The third-order valence-electron chi connectivity index (χ3n) is 4.28. The highest BCUT2D eigenvalue weighted by Gasteiger charge is 2.32.